The average molecular weight is 476 g/mol. The third-order valence-electron chi connectivity index (χ3n) is 6.79. The van der Waals surface area contributed by atoms with Gasteiger partial charge in [-0.3, -0.25) is 9.29 Å². The number of hydrogen-bond acceptors (Lipinski definition) is 5. The molecular weight excluding hydrogens is 445 g/mol. The minimum atomic E-state index is -0.342. The highest BCUT2D eigenvalue weighted by Crippen LogP contribution is 2.47. The summed E-state index contributed by atoms with van der Waals surface area (Å²) in [6.07, 6.45) is -0.342. The molecule has 0 amide bonds. The number of nitrogens with zero attached hydrogens (tertiary/aromatic N) is 1. The van der Waals surface area contributed by atoms with E-state index in [2.05, 4.69) is 11.8 Å². The summed E-state index contributed by atoms with van der Waals surface area (Å²) < 4.78 is 30.3. The molecule has 3 aromatic carbocycles. The van der Waals surface area contributed by atoms with Crippen LogP contribution in [0.15, 0.2) is 66.7 Å². The van der Waals surface area contributed by atoms with Crippen LogP contribution in [0.25, 0.3) is 11.1 Å². The van der Waals surface area contributed by atoms with Gasteiger partial charge in [0.05, 0.1) is 13.8 Å². The van der Waals surface area contributed by atoms with Gasteiger partial charge in [0.15, 0.2) is 0 Å². The first-order valence-electron chi connectivity index (χ1n) is 11.9. The highest BCUT2D eigenvalue weighted by molar-refractivity contribution is 5.95. The molecule has 1 atom stereocenters. The zero-order valence-corrected chi connectivity index (χ0v) is 20.0. The van der Waals surface area contributed by atoms with Crippen LogP contribution in [0.5, 0.6) is 23.0 Å². The zero-order valence-electron chi connectivity index (χ0n) is 20.0. The van der Waals surface area contributed by atoms with Gasteiger partial charge in [-0.1, -0.05) is 24.3 Å². The molecule has 3 aromatic rings. The van der Waals surface area contributed by atoms with E-state index in [0.717, 1.165) is 59.0 Å². The zero-order chi connectivity index (χ0) is 24.4. The van der Waals surface area contributed by atoms with Gasteiger partial charge in [-0.25, -0.2) is 0 Å². The van der Waals surface area contributed by atoms with Crippen molar-refractivity contribution in [1.29, 1.82) is 0 Å². The van der Waals surface area contributed by atoms with Crippen LogP contribution in [0.4, 0.5) is 4.39 Å². The Labute approximate surface area is 205 Å². The van der Waals surface area contributed by atoms with Crippen LogP contribution in [0, 0.1) is 5.92 Å². The molecule has 2 heterocycles. The molecule has 2 aliphatic rings. The Kier molecular flexibility index (Phi) is 6.64. The molecule has 1 saturated heterocycles. The van der Waals surface area contributed by atoms with Crippen molar-refractivity contribution in [3.8, 4) is 23.0 Å². The number of hydrogen-bond donors (Lipinski definition) is 1. The number of aromatic hydroxyl groups is 1. The molecule has 0 unspecified atom stereocenters. The number of allylic oxidation sites excluding steroid dienone is 1. The van der Waals surface area contributed by atoms with Crippen LogP contribution in [0.1, 0.15) is 29.7 Å². The summed E-state index contributed by atoms with van der Waals surface area (Å²) in [6.45, 7) is 4.85. The van der Waals surface area contributed by atoms with E-state index in [1.165, 1.54) is 0 Å². The van der Waals surface area contributed by atoms with Gasteiger partial charge >= 0.3 is 0 Å². The smallest absolute Gasteiger partial charge is 0.150 e. The van der Waals surface area contributed by atoms with Gasteiger partial charge in [0, 0.05) is 42.8 Å². The second-order valence-corrected chi connectivity index (χ2v) is 9.14. The molecule has 1 fully saturated rings. The summed E-state index contributed by atoms with van der Waals surface area (Å²) in [5.41, 5.74) is 5.17. The molecule has 182 valence electrons. The molecular formula is C29H30FNO4. The van der Waals surface area contributed by atoms with E-state index in [1.807, 2.05) is 54.6 Å². The number of alkyl halides is 1. The summed E-state index contributed by atoms with van der Waals surface area (Å²) >= 11 is 0. The largest absolute Gasteiger partial charge is 0.508 e. The molecule has 0 aliphatic carbocycles. The van der Waals surface area contributed by atoms with Crippen molar-refractivity contribution >= 4 is 11.1 Å². The van der Waals surface area contributed by atoms with Crippen LogP contribution in [0.3, 0.4) is 0 Å². The monoisotopic (exact) mass is 475 g/mol. The summed E-state index contributed by atoms with van der Waals surface area (Å²) in [5.74, 6) is 2.61. The second kappa shape index (κ2) is 10.0. The molecule has 5 nitrogen and oxygen atoms in total. The van der Waals surface area contributed by atoms with Crippen LogP contribution in [0.2, 0.25) is 0 Å². The minimum absolute atomic E-state index is 0.173. The number of ether oxygens (including phenoxy) is 3. The Morgan fingerprint density at radius 2 is 1.71 bits per heavy atom. The Morgan fingerprint density at radius 1 is 1.00 bits per heavy atom. The lowest BCUT2D eigenvalue weighted by atomic mass is 9.86. The standard InChI is InChI=1S/C29H30FNO4/c1-19-26-12-7-23(32)15-27(26)35-29(28(19)21-3-8-24(33-2)9-4-21)22-5-10-25(11-6-22)34-14-13-31-17-20(16-30)18-31/h3-12,15,20,29,32H,13-14,16-18H2,1-2H3/t29-/m0/s1. The van der Waals surface area contributed by atoms with Crippen molar-refractivity contribution in [1.82, 2.24) is 4.90 Å². The van der Waals surface area contributed by atoms with Gasteiger partial charge in [-0.2, -0.15) is 0 Å². The number of fused-ring (bicyclic) bond motifs is 1. The van der Waals surface area contributed by atoms with Crippen LogP contribution in [-0.2, 0) is 0 Å². The van der Waals surface area contributed by atoms with E-state index in [0.29, 0.717) is 12.4 Å². The summed E-state index contributed by atoms with van der Waals surface area (Å²) in [5, 5.41) is 10.0. The van der Waals surface area contributed by atoms with Crippen molar-refractivity contribution < 1.29 is 23.7 Å². The first kappa shape index (κ1) is 23.2. The first-order valence-corrected chi connectivity index (χ1v) is 11.9. The van der Waals surface area contributed by atoms with Gasteiger partial charge in [0.2, 0.25) is 0 Å². The Bertz CT molecular complexity index is 1200. The van der Waals surface area contributed by atoms with Crippen molar-refractivity contribution in [3.63, 3.8) is 0 Å². The maximum atomic E-state index is 12.6. The van der Waals surface area contributed by atoms with E-state index in [4.69, 9.17) is 14.2 Å². The Morgan fingerprint density at radius 3 is 2.40 bits per heavy atom. The van der Waals surface area contributed by atoms with Gasteiger partial charge in [-0.05, 0) is 60.0 Å². The molecule has 2 aliphatic heterocycles. The fourth-order valence-electron chi connectivity index (χ4n) is 4.81. The molecule has 0 radical (unpaired) electrons. The van der Waals surface area contributed by atoms with E-state index in [1.54, 1.807) is 19.2 Å². The quantitative estimate of drug-likeness (QED) is 0.450. The van der Waals surface area contributed by atoms with Gasteiger partial charge in [-0.15, -0.1) is 0 Å². The third kappa shape index (κ3) is 4.84. The molecule has 0 aromatic heterocycles. The molecule has 6 heteroatoms. The average Bonchev–Trinajstić information content (AvgIpc) is 2.85. The van der Waals surface area contributed by atoms with E-state index in [-0.39, 0.29) is 24.4 Å². The predicted octanol–water partition coefficient (Wildman–Crippen LogP) is 5.75. The van der Waals surface area contributed by atoms with Crippen molar-refractivity contribution in [2.45, 2.75) is 13.0 Å². The maximum Gasteiger partial charge on any atom is 0.150 e. The van der Waals surface area contributed by atoms with Crippen molar-refractivity contribution in [2.75, 3.05) is 40.0 Å². The van der Waals surface area contributed by atoms with Gasteiger partial charge in [0.25, 0.3) is 0 Å². The fourth-order valence-corrected chi connectivity index (χ4v) is 4.81. The molecule has 0 bridgehead atoms. The summed E-state index contributed by atoms with van der Waals surface area (Å²) in [6, 6.07) is 21.2. The number of methoxy groups -OCH3 is 1. The normalized spacial score (nSPS) is 18.0. The molecule has 5 rings (SSSR count). The van der Waals surface area contributed by atoms with Crippen LogP contribution < -0.4 is 14.2 Å². The Hall–Kier alpha value is -3.51. The molecule has 1 N–H and O–H groups in total. The number of likely N-dealkylation sites (tertiary alicyclic amines) is 1. The van der Waals surface area contributed by atoms with E-state index < -0.39 is 0 Å². The SMILES string of the molecule is COc1ccc(C2=C(C)c3ccc(O)cc3O[C@H]2c2ccc(OCCN3CC(CF)C3)cc2)cc1. The highest BCUT2D eigenvalue weighted by atomic mass is 19.1. The molecule has 0 saturated carbocycles. The third-order valence-corrected chi connectivity index (χ3v) is 6.79. The number of benzene rings is 3. The van der Waals surface area contributed by atoms with Crippen LogP contribution in [-0.4, -0.2) is 50.0 Å². The number of halogens is 1. The molecule has 35 heavy (non-hydrogen) atoms. The topological polar surface area (TPSA) is 51.2 Å². The lowest BCUT2D eigenvalue weighted by Crippen LogP contribution is -2.49. The predicted molar refractivity (Wildman–Crippen MR) is 135 cm³/mol. The minimum Gasteiger partial charge on any atom is -0.508 e. The summed E-state index contributed by atoms with van der Waals surface area (Å²) in [4.78, 5) is 2.20. The fraction of sp³-hybridized carbons (Fsp3) is 0.310. The van der Waals surface area contributed by atoms with Crippen molar-refractivity contribution in [3.05, 3.63) is 83.4 Å². The van der Waals surface area contributed by atoms with Gasteiger partial charge < -0.3 is 19.3 Å². The number of phenolic OH excluding ortho intramolecular Hbond substituents is 1. The molecule has 0 spiro atoms. The first-order chi connectivity index (χ1) is 17.1. The maximum absolute atomic E-state index is 12.6. The van der Waals surface area contributed by atoms with Gasteiger partial charge in [0.1, 0.15) is 35.7 Å². The van der Waals surface area contributed by atoms with E-state index in [9.17, 15) is 9.50 Å². The highest BCUT2D eigenvalue weighted by Gasteiger charge is 2.30. The lowest BCUT2D eigenvalue weighted by Gasteiger charge is -2.37. The number of phenols is 1. The lowest BCUT2D eigenvalue weighted by molar-refractivity contribution is 0.0668. The van der Waals surface area contributed by atoms with Crippen LogP contribution >= 0.6 is 0 Å². The Balaban J connectivity index is 1.38. The van der Waals surface area contributed by atoms with E-state index >= 15 is 0 Å². The van der Waals surface area contributed by atoms with Crippen molar-refractivity contribution in [2.24, 2.45) is 5.92 Å². The number of rotatable bonds is 8. The summed E-state index contributed by atoms with van der Waals surface area (Å²) in [7, 11) is 1.66. The second-order valence-electron chi connectivity index (χ2n) is 9.14.